The number of hydrogen-bond donors (Lipinski definition) is 1. The summed E-state index contributed by atoms with van der Waals surface area (Å²) in [4.78, 5) is 0. The van der Waals surface area contributed by atoms with Crippen molar-refractivity contribution < 1.29 is 0 Å². The molecule has 1 saturated heterocycles. The normalized spacial score (nSPS) is 49.8. The molecular weight excluding hydrogens is 158 g/mol. The highest BCUT2D eigenvalue weighted by Gasteiger charge is 2.41. The molecule has 0 amide bonds. The maximum absolute atomic E-state index is 3.56. The Kier molecular flexibility index (Phi) is 2.08. The van der Waals surface area contributed by atoms with Gasteiger partial charge in [0.05, 0.1) is 0 Å². The largest absolute Gasteiger partial charge is 0.316 e. The number of fused-ring (bicyclic) bond motifs is 3. The maximum Gasteiger partial charge on any atom is -0.00178 e. The van der Waals surface area contributed by atoms with E-state index in [4.69, 9.17) is 0 Å². The number of rotatable bonds is 0. The second kappa shape index (κ2) is 3.27. The summed E-state index contributed by atoms with van der Waals surface area (Å²) in [6.45, 7) is 2.62. The first-order valence-corrected chi connectivity index (χ1v) is 6.16. The molecule has 3 rings (SSSR count). The van der Waals surface area contributed by atoms with Gasteiger partial charge in [0, 0.05) is 0 Å². The van der Waals surface area contributed by atoms with Gasteiger partial charge in [-0.2, -0.15) is 0 Å². The SMILES string of the molecule is C1CC2CCC3CNCCC3C2C1. The Morgan fingerprint density at radius 2 is 1.62 bits per heavy atom. The summed E-state index contributed by atoms with van der Waals surface area (Å²) in [5, 5.41) is 3.56. The van der Waals surface area contributed by atoms with Crippen molar-refractivity contribution in [2.45, 2.75) is 38.5 Å². The minimum Gasteiger partial charge on any atom is -0.316 e. The molecule has 4 unspecified atom stereocenters. The highest BCUT2D eigenvalue weighted by atomic mass is 14.9. The predicted molar refractivity (Wildman–Crippen MR) is 54.5 cm³/mol. The molecule has 1 heteroatoms. The van der Waals surface area contributed by atoms with Gasteiger partial charge < -0.3 is 5.32 Å². The van der Waals surface area contributed by atoms with Crippen molar-refractivity contribution in [3.63, 3.8) is 0 Å². The second-order valence-electron chi connectivity index (χ2n) is 5.35. The molecule has 0 aromatic heterocycles. The fraction of sp³-hybridized carbons (Fsp3) is 1.00. The molecular formula is C12H21N. The lowest BCUT2D eigenvalue weighted by molar-refractivity contribution is 0.0827. The third-order valence-corrected chi connectivity index (χ3v) is 4.84. The molecule has 1 nitrogen and oxygen atoms in total. The van der Waals surface area contributed by atoms with Crippen LogP contribution in [0.15, 0.2) is 0 Å². The van der Waals surface area contributed by atoms with Crippen LogP contribution in [0.2, 0.25) is 0 Å². The van der Waals surface area contributed by atoms with Crippen LogP contribution in [0.3, 0.4) is 0 Å². The lowest BCUT2D eigenvalue weighted by atomic mass is 9.65. The van der Waals surface area contributed by atoms with Crippen LogP contribution in [0, 0.1) is 23.7 Å². The topological polar surface area (TPSA) is 12.0 Å². The molecule has 0 radical (unpaired) electrons. The minimum atomic E-state index is 1.05. The highest BCUT2D eigenvalue weighted by Crippen LogP contribution is 2.49. The van der Waals surface area contributed by atoms with Crippen molar-refractivity contribution in [1.82, 2.24) is 5.32 Å². The predicted octanol–water partition coefficient (Wildman–Crippen LogP) is 2.42. The van der Waals surface area contributed by atoms with Gasteiger partial charge in [-0.1, -0.05) is 12.8 Å². The molecule has 3 aliphatic rings. The molecule has 0 aromatic carbocycles. The van der Waals surface area contributed by atoms with Gasteiger partial charge in [-0.05, 0) is 62.4 Å². The summed E-state index contributed by atoms with van der Waals surface area (Å²) in [7, 11) is 0. The van der Waals surface area contributed by atoms with Gasteiger partial charge in [0.15, 0.2) is 0 Å². The molecule has 2 aliphatic carbocycles. The van der Waals surface area contributed by atoms with Gasteiger partial charge in [-0.15, -0.1) is 0 Å². The van der Waals surface area contributed by atoms with Gasteiger partial charge in [0.25, 0.3) is 0 Å². The summed E-state index contributed by atoms with van der Waals surface area (Å²) in [6, 6.07) is 0. The van der Waals surface area contributed by atoms with Crippen LogP contribution in [0.5, 0.6) is 0 Å². The van der Waals surface area contributed by atoms with Crippen LogP contribution in [-0.2, 0) is 0 Å². The Morgan fingerprint density at radius 1 is 0.769 bits per heavy atom. The zero-order valence-corrected chi connectivity index (χ0v) is 8.47. The van der Waals surface area contributed by atoms with Crippen LogP contribution in [-0.4, -0.2) is 13.1 Å². The number of piperidine rings is 1. The van der Waals surface area contributed by atoms with Crippen LogP contribution in [0.4, 0.5) is 0 Å². The van der Waals surface area contributed by atoms with Gasteiger partial charge >= 0.3 is 0 Å². The van der Waals surface area contributed by atoms with Crippen molar-refractivity contribution in [2.24, 2.45) is 23.7 Å². The van der Waals surface area contributed by atoms with Gasteiger partial charge in [0.2, 0.25) is 0 Å². The Bertz CT molecular complexity index is 190. The Morgan fingerprint density at radius 3 is 2.62 bits per heavy atom. The molecule has 1 N–H and O–H groups in total. The van der Waals surface area contributed by atoms with Gasteiger partial charge in [-0.3, -0.25) is 0 Å². The van der Waals surface area contributed by atoms with Crippen molar-refractivity contribution >= 4 is 0 Å². The molecule has 13 heavy (non-hydrogen) atoms. The second-order valence-corrected chi connectivity index (χ2v) is 5.35. The molecule has 4 atom stereocenters. The van der Waals surface area contributed by atoms with Crippen LogP contribution < -0.4 is 5.32 Å². The van der Waals surface area contributed by atoms with Crippen molar-refractivity contribution in [3.8, 4) is 0 Å². The zero-order valence-electron chi connectivity index (χ0n) is 8.47. The van der Waals surface area contributed by atoms with Crippen molar-refractivity contribution in [1.29, 1.82) is 0 Å². The molecule has 1 aliphatic heterocycles. The van der Waals surface area contributed by atoms with Crippen molar-refractivity contribution in [2.75, 3.05) is 13.1 Å². The van der Waals surface area contributed by atoms with E-state index >= 15 is 0 Å². The fourth-order valence-corrected chi connectivity index (χ4v) is 4.24. The van der Waals surface area contributed by atoms with E-state index < -0.39 is 0 Å². The van der Waals surface area contributed by atoms with E-state index in [9.17, 15) is 0 Å². The molecule has 0 aromatic rings. The van der Waals surface area contributed by atoms with Gasteiger partial charge in [-0.25, -0.2) is 0 Å². The first-order valence-electron chi connectivity index (χ1n) is 6.16. The molecule has 1 heterocycles. The molecule has 0 spiro atoms. The summed E-state index contributed by atoms with van der Waals surface area (Å²) in [6.07, 6.45) is 9.21. The van der Waals surface area contributed by atoms with Crippen LogP contribution in [0.1, 0.15) is 38.5 Å². The van der Waals surface area contributed by atoms with E-state index in [-0.39, 0.29) is 0 Å². The first kappa shape index (κ1) is 8.28. The third-order valence-electron chi connectivity index (χ3n) is 4.84. The van der Waals surface area contributed by atoms with E-state index in [1.807, 2.05) is 0 Å². The lowest BCUT2D eigenvalue weighted by Crippen LogP contribution is -2.43. The average Bonchev–Trinajstić information content (AvgIpc) is 2.65. The average molecular weight is 179 g/mol. The number of hydrogen-bond acceptors (Lipinski definition) is 1. The summed E-state index contributed by atoms with van der Waals surface area (Å²) in [5.74, 6) is 4.44. The Balaban J connectivity index is 1.77. The number of nitrogens with one attached hydrogen (secondary N) is 1. The quantitative estimate of drug-likeness (QED) is 0.602. The van der Waals surface area contributed by atoms with E-state index in [1.165, 1.54) is 32.4 Å². The summed E-state index contributed by atoms with van der Waals surface area (Å²) >= 11 is 0. The smallest absolute Gasteiger partial charge is 0.00178 e. The summed E-state index contributed by atoms with van der Waals surface area (Å²) < 4.78 is 0. The van der Waals surface area contributed by atoms with Crippen LogP contribution >= 0.6 is 0 Å². The van der Waals surface area contributed by atoms with E-state index in [0.717, 1.165) is 23.7 Å². The third kappa shape index (κ3) is 1.32. The lowest BCUT2D eigenvalue weighted by Gasteiger charge is -2.43. The first-order chi connectivity index (χ1) is 6.45. The molecule has 0 bridgehead atoms. The molecule has 2 saturated carbocycles. The Labute approximate surface area is 81.3 Å². The van der Waals surface area contributed by atoms with Crippen LogP contribution in [0.25, 0.3) is 0 Å². The fourth-order valence-electron chi connectivity index (χ4n) is 4.24. The van der Waals surface area contributed by atoms with E-state index in [0.29, 0.717) is 0 Å². The monoisotopic (exact) mass is 179 g/mol. The molecule has 3 fully saturated rings. The standard InChI is InChI=1S/C12H21N/c1-2-9-4-5-10-8-13-7-6-12(10)11(9)3-1/h9-13H,1-8H2. The maximum atomic E-state index is 3.56. The minimum absolute atomic E-state index is 1.05. The highest BCUT2D eigenvalue weighted by molar-refractivity contribution is 4.93. The zero-order chi connectivity index (χ0) is 8.67. The molecule has 74 valence electrons. The van der Waals surface area contributed by atoms with E-state index in [1.54, 1.807) is 19.3 Å². The van der Waals surface area contributed by atoms with E-state index in [2.05, 4.69) is 5.32 Å². The van der Waals surface area contributed by atoms with Crippen molar-refractivity contribution in [3.05, 3.63) is 0 Å². The summed E-state index contributed by atoms with van der Waals surface area (Å²) in [5.41, 5.74) is 0. The Hall–Kier alpha value is -0.0400. The van der Waals surface area contributed by atoms with Gasteiger partial charge in [0.1, 0.15) is 0 Å².